The van der Waals surface area contributed by atoms with Crippen molar-refractivity contribution < 1.29 is 19.1 Å². The summed E-state index contributed by atoms with van der Waals surface area (Å²) in [7, 11) is 0. The second-order valence-corrected chi connectivity index (χ2v) is 6.51. The van der Waals surface area contributed by atoms with Crippen LogP contribution in [0.1, 0.15) is 44.1 Å². The van der Waals surface area contributed by atoms with Crippen molar-refractivity contribution in [2.75, 3.05) is 19.7 Å². The van der Waals surface area contributed by atoms with Crippen LogP contribution >= 0.6 is 0 Å². The summed E-state index contributed by atoms with van der Waals surface area (Å²) in [5, 5.41) is 2.87. The number of aromatic nitrogens is 1. The Morgan fingerprint density at radius 3 is 2.96 bits per heavy atom. The van der Waals surface area contributed by atoms with E-state index >= 15 is 0 Å². The van der Waals surface area contributed by atoms with Crippen molar-refractivity contribution in [1.29, 1.82) is 0 Å². The van der Waals surface area contributed by atoms with Gasteiger partial charge in [0.1, 0.15) is 12.7 Å². The van der Waals surface area contributed by atoms with Crippen LogP contribution in [0.3, 0.4) is 0 Å². The van der Waals surface area contributed by atoms with Gasteiger partial charge in [0.2, 0.25) is 11.8 Å². The Hall–Kier alpha value is -2.31. The molecule has 2 fully saturated rings. The molecule has 1 aliphatic carbocycles. The fourth-order valence-electron chi connectivity index (χ4n) is 3.13. The smallest absolute Gasteiger partial charge is 0.409 e. The monoisotopic (exact) mass is 347 g/mol. The predicted molar refractivity (Wildman–Crippen MR) is 91.1 cm³/mol. The van der Waals surface area contributed by atoms with Crippen LogP contribution in [0.15, 0.2) is 18.3 Å². The second-order valence-electron chi connectivity index (χ2n) is 6.51. The number of hydrogen-bond donors (Lipinski definition) is 1. The van der Waals surface area contributed by atoms with Gasteiger partial charge in [-0.1, -0.05) is 6.42 Å². The van der Waals surface area contributed by atoms with Crippen LogP contribution in [-0.4, -0.2) is 47.7 Å². The molecule has 1 aromatic heterocycles. The van der Waals surface area contributed by atoms with Gasteiger partial charge in [-0.25, -0.2) is 9.78 Å². The Balaban J connectivity index is 1.42. The maximum atomic E-state index is 11.9. The Morgan fingerprint density at radius 1 is 1.36 bits per heavy atom. The summed E-state index contributed by atoms with van der Waals surface area (Å²) in [6.07, 6.45) is 7.77. The molecule has 3 rings (SSSR count). The Bertz CT molecular complexity index is 602. The summed E-state index contributed by atoms with van der Waals surface area (Å²) >= 11 is 0. The lowest BCUT2D eigenvalue weighted by molar-refractivity contribution is -0.121. The highest BCUT2D eigenvalue weighted by molar-refractivity contribution is 5.77. The minimum absolute atomic E-state index is 0.0914. The van der Waals surface area contributed by atoms with Gasteiger partial charge >= 0.3 is 6.09 Å². The third kappa shape index (κ3) is 5.34. The molecule has 25 heavy (non-hydrogen) atoms. The van der Waals surface area contributed by atoms with E-state index in [1.165, 1.54) is 19.3 Å². The van der Waals surface area contributed by atoms with Crippen molar-refractivity contribution in [3.05, 3.63) is 23.9 Å². The maximum Gasteiger partial charge on any atom is 0.409 e. The van der Waals surface area contributed by atoms with Gasteiger partial charge in [-0.3, -0.25) is 4.79 Å². The third-order valence-electron chi connectivity index (χ3n) is 4.58. The average Bonchev–Trinajstić information content (AvgIpc) is 3.04. The Labute approximate surface area is 147 Å². The minimum Gasteiger partial charge on any atom is -0.474 e. The maximum absolute atomic E-state index is 11.9. The number of hydrogen-bond acceptors (Lipinski definition) is 5. The molecule has 0 spiro atoms. The molecular formula is C18H25N3O4. The van der Waals surface area contributed by atoms with Crippen LogP contribution < -0.4 is 10.1 Å². The molecule has 1 saturated carbocycles. The SMILES string of the molecule is O=C(CCN1CCOC1=O)NCc1ccnc(OC2CCCCC2)c1. The van der Waals surface area contributed by atoms with E-state index in [0.717, 1.165) is 18.4 Å². The molecular weight excluding hydrogens is 322 g/mol. The summed E-state index contributed by atoms with van der Waals surface area (Å²) in [4.78, 5) is 29.1. The summed E-state index contributed by atoms with van der Waals surface area (Å²) in [5.41, 5.74) is 0.953. The molecule has 1 saturated heterocycles. The van der Waals surface area contributed by atoms with Crippen molar-refractivity contribution in [2.24, 2.45) is 0 Å². The molecule has 2 aliphatic rings. The van der Waals surface area contributed by atoms with E-state index in [-0.39, 0.29) is 24.5 Å². The molecule has 0 atom stereocenters. The van der Waals surface area contributed by atoms with Crippen LogP contribution in [0.2, 0.25) is 0 Å². The first kappa shape index (κ1) is 17.5. The molecule has 1 N–H and O–H groups in total. The van der Waals surface area contributed by atoms with Crippen molar-refractivity contribution in [3.8, 4) is 5.88 Å². The van der Waals surface area contributed by atoms with Crippen LogP contribution in [0.4, 0.5) is 4.79 Å². The van der Waals surface area contributed by atoms with E-state index in [9.17, 15) is 9.59 Å². The van der Waals surface area contributed by atoms with E-state index in [1.54, 1.807) is 11.1 Å². The van der Waals surface area contributed by atoms with Gasteiger partial charge in [-0.2, -0.15) is 0 Å². The molecule has 1 aromatic rings. The first-order valence-electron chi connectivity index (χ1n) is 9.01. The van der Waals surface area contributed by atoms with E-state index in [0.29, 0.717) is 32.1 Å². The molecule has 0 radical (unpaired) electrons. The van der Waals surface area contributed by atoms with E-state index in [4.69, 9.17) is 9.47 Å². The van der Waals surface area contributed by atoms with E-state index in [2.05, 4.69) is 10.3 Å². The third-order valence-corrected chi connectivity index (χ3v) is 4.58. The van der Waals surface area contributed by atoms with Gasteiger partial charge in [0.25, 0.3) is 0 Å². The van der Waals surface area contributed by atoms with Crippen molar-refractivity contribution in [3.63, 3.8) is 0 Å². The highest BCUT2D eigenvalue weighted by Gasteiger charge is 2.22. The van der Waals surface area contributed by atoms with Gasteiger partial charge in [-0.15, -0.1) is 0 Å². The van der Waals surface area contributed by atoms with Crippen molar-refractivity contribution >= 4 is 12.0 Å². The first-order chi connectivity index (χ1) is 12.2. The van der Waals surface area contributed by atoms with E-state index < -0.39 is 0 Å². The molecule has 0 aromatic carbocycles. The number of carbonyl (C=O) groups excluding carboxylic acids is 2. The van der Waals surface area contributed by atoms with Crippen molar-refractivity contribution in [2.45, 2.75) is 51.2 Å². The zero-order valence-electron chi connectivity index (χ0n) is 14.4. The molecule has 7 heteroatoms. The molecule has 2 amide bonds. The van der Waals surface area contributed by atoms with Crippen LogP contribution in [0.5, 0.6) is 5.88 Å². The van der Waals surface area contributed by atoms with Gasteiger partial charge < -0.3 is 19.7 Å². The molecule has 2 heterocycles. The van der Waals surface area contributed by atoms with Gasteiger partial charge in [0.15, 0.2) is 0 Å². The number of nitrogens with one attached hydrogen (secondary N) is 1. The van der Waals surface area contributed by atoms with Gasteiger partial charge in [-0.05, 0) is 37.3 Å². The zero-order chi connectivity index (χ0) is 17.5. The lowest BCUT2D eigenvalue weighted by Gasteiger charge is -2.22. The summed E-state index contributed by atoms with van der Waals surface area (Å²) in [6.45, 7) is 1.77. The van der Waals surface area contributed by atoms with Crippen LogP contribution in [0, 0.1) is 0 Å². The van der Waals surface area contributed by atoms with Crippen LogP contribution in [0.25, 0.3) is 0 Å². The number of ether oxygens (including phenoxy) is 2. The van der Waals surface area contributed by atoms with Gasteiger partial charge in [0.05, 0.1) is 6.54 Å². The lowest BCUT2D eigenvalue weighted by Crippen LogP contribution is -2.31. The highest BCUT2D eigenvalue weighted by atomic mass is 16.6. The number of nitrogens with zero attached hydrogens (tertiary/aromatic N) is 2. The summed E-state index contributed by atoms with van der Waals surface area (Å²) < 4.78 is 10.8. The number of pyridine rings is 1. The quantitative estimate of drug-likeness (QED) is 0.818. The molecule has 136 valence electrons. The predicted octanol–water partition coefficient (Wildman–Crippen LogP) is 2.25. The fraction of sp³-hybridized carbons (Fsp3) is 0.611. The number of carbonyl (C=O) groups is 2. The Morgan fingerprint density at radius 2 is 2.20 bits per heavy atom. The molecule has 7 nitrogen and oxygen atoms in total. The zero-order valence-corrected chi connectivity index (χ0v) is 14.4. The highest BCUT2D eigenvalue weighted by Crippen LogP contribution is 2.22. The standard InChI is InChI=1S/C18H25N3O4/c22-16(7-9-21-10-11-24-18(21)23)20-13-14-6-8-19-17(12-14)25-15-4-2-1-3-5-15/h6,8,12,15H,1-5,7,9-11,13H2,(H,20,22). The number of amides is 2. The lowest BCUT2D eigenvalue weighted by atomic mass is 9.98. The largest absolute Gasteiger partial charge is 0.474 e. The molecule has 0 unspecified atom stereocenters. The molecule has 0 bridgehead atoms. The number of cyclic esters (lactones) is 1. The second kappa shape index (κ2) is 8.69. The van der Waals surface area contributed by atoms with Gasteiger partial charge in [0, 0.05) is 31.8 Å². The molecule has 1 aliphatic heterocycles. The van der Waals surface area contributed by atoms with Crippen molar-refractivity contribution in [1.82, 2.24) is 15.2 Å². The van der Waals surface area contributed by atoms with E-state index in [1.807, 2.05) is 12.1 Å². The minimum atomic E-state index is -0.341. The first-order valence-corrected chi connectivity index (χ1v) is 9.01. The summed E-state index contributed by atoms with van der Waals surface area (Å²) in [6, 6.07) is 3.75. The number of rotatable bonds is 7. The Kier molecular flexibility index (Phi) is 6.09. The fourth-order valence-corrected chi connectivity index (χ4v) is 3.13. The average molecular weight is 347 g/mol. The summed E-state index contributed by atoms with van der Waals surface area (Å²) in [5.74, 6) is 0.532. The normalized spacial score (nSPS) is 18.1. The van der Waals surface area contributed by atoms with Crippen LogP contribution in [-0.2, 0) is 16.1 Å². The topological polar surface area (TPSA) is 80.8 Å².